The molecule has 7 heteroatoms. The number of hydrogen-bond donors (Lipinski definition) is 1. The van der Waals surface area contributed by atoms with Gasteiger partial charge in [-0.15, -0.1) is 0 Å². The van der Waals surface area contributed by atoms with Gasteiger partial charge >= 0.3 is 6.09 Å². The molecule has 2 heterocycles. The third-order valence-electron chi connectivity index (χ3n) is 7.95. The number of anilines is 1. The molecule has 7 nitrogen and oxygen atoms in total. The molecule has 2 aliphatic carbocycles. The van der Waals surface area contributed by atoms with Crippen LogP contribution in [0.1, 0.15) is 63.4 Å². The van der Waals surface area contributed by atoms with Gasteiger partial charge in [0.2, 0.25) is 5.89 Å². The van der Waals surface area contributed by atoms with E-state index >= 15 is 0 Å². The molecule has 1 atom stereocenters. The molecule has 0 saturated heterocycles. The molecule has 1 N–H and O–H groups in total. The first-order valence-corrected chi connectivity index (χ1v) is 13.8. The largest absolute Gasteiger partial charge is 0.494 e. The van der Waals surface area contributed by atoms with Crippen molar-refractivity contribution >= 4 is 22.7 Å². The lowest BCUT2D eigenvalue weighted by molar-refractivity contribution is 0.108. The molecule has 2 aromatic heterocycles. The highest BCUT2D eigenvalue weighted by atomic mass is 16.6. The molecule has 0 bridgehead atoms. The smallest absolute Gasteiger partial charge is 0.411 e. The highest BCUT2D eigenvalue weighted by Crippen LogP contribution is 2.47. The van der Waals surface area contributed by atoms with E-state index in [2.05, 4.69) is 34.1 Å². The maximum absolute atomic E-state index is 12.4. The number of carbonyl (C=O) groups is 1. The molecule has 4 aromatic rings. The molecule has 1 unspecified atom stereocenters. The average Bonchev–Trinajstić information content (AvgIpc) is 3.60. The predicted octanol–water partition coefficient (Wildman–Crippen LogP) is 8.05. The van der Waals surface area contributed by atoms with Gasteiger partial charge in [0.15, 0.2) is 0 Å². The van der Waals surface area contributed by atoms with E-state index in [1.165, 1.54) is 6.42 Å². The number of benzene rings is 2. The van der Waals surface area contributed by atoms with Crippen molar-refractivity contribution in [2.45, 2.75) is 71.9 Å². The lowest BCUT2D eigenvalue weighted by Crippen LogP contribution is -2.21. The summed E-state index contributed by atoms with van der Waals surface area (Å²) in [5, 5.41) is 3.98. The fraction of sp³-hybridized carbons (Fsp3) is 0.419. The number of oxazole rings is 1. The number of amides is 1. The molecule has 1 amide bonds. The van der Waals surface area contributed by atoms with Crippen LogP contribution < -0.4 is 10.1 Å². The number of nitrogens with one attached hydrogen (secondary N) is 1. The molecular weight excluding hydrogens is 478 g/mol. The standard InChI is InChI=1S/C31H35N3O4/c1-5-36-25-15-16-26-27(17-25)34(24-7-6-8-24)29(28(26)30-32-18(2)19(3)37-30)22-11-13-23(14-12-22)33-31(35)38-20(4)21-9-10-21/h11-17,20-21,24H,5-10H2,1-4H3,(H,33,35). The van der Waals surface area contributed by atoms with Crippen molar-refractivity contribution in [3.8, 4) is 28.5 Å². The van der Waals surface area contributed by atoms with Crippen LogP contribution in [0.2, 0.25) is 0 Å². The number of ether oxygens (including phenoxy) is 2. The summed E-state index contributed by atoms with van der Waals surface area (Å²) in [6.45, 7) is 8.51. The minimum absolute atomic E-state index is 0.0516. The molecule has 6 rings (SSSR count). The minimum atomic E-state index is -0.407. The Labute approximate surface area is 223 Å². The van der Waals surface area contributed by atoms with Crippen molar-refractivity contribution in [2.75, 3.05) is 11.9 Å². The second-order valence-electron chi connectivity index (χ2n) is 10.6. The van der Waals surface area contributed by atoms with E-state index in [0.29, 0.717) is 30.1 Å². The van der Waals surface area contributed by atoms with Crippen LogP contribution in [0.4, 0.5) is 10.5 Å². The van der Waals surface area contributed by atoms with Gasteiger partial charge in [-0.05, 0) is 95.5 Å². The minimum Gasteiger partial charge on any atom is -0.494 e. The zero-order chi connectivity index (χ0) is 26.4. The number of hydrogen-bond acceptors (Lipinski definition) is 5. The number of nitrogens with zero attached hydrogens (tertiary/aromatic N) is 2. The molecule has 0 aliphatic heterocycles. The Balaban J connectivity index is 1.44. The van der Waals surface area contributed by atoms with Crippen molar-refractivity contribution in [2.24, 2.45) is 5.92 Å². The SMILES string of the molecule is CCOc1ccc2c(-c3nc(C)c(C)o3)c(-c3ccc(NC(=O)OC(C)C4CC4)cc3)n(C3CCC3)c2c1. The van der Waals surface area contributed by atoms with E-state index < -0.39 is 6.09 Å². The normalized spacial score (nSPS) is 16.3. The van der Waals surface area contributed by atoms with Crippen LogP contribution in [0.15, 0.2) is 46.9 Å². The first kappa shape index (κ1) is 24.6. The van der Waals surface area contributed by atoms with Gasteiger partial charge in [0.05, 0.1) is 29.1 Å². The van der Waals surface area contributed by atoms with Crippen LogP contribution in [0.25, 0.3) is 33.6 Å². The zero-order valence-corrected chi connectivity index (χ0v) is 22.5. The van der Waals surface area contributed by atoms with Gasteiger partial charge < -0.3 is 18.5 Å². The summed E-state index contributed by atoms with van der Waals surface area (Å²) < 4.78 is 20.1. The number of fused-ring (bicyclic) bond motifs is 1. The molecule has 2 aliphatic rings. The Morgan fingerprint density at radius 3 is 2.50 bits per heavy atom. The molecule has 0 spiro atoms. The van der Waals surface area contributed by atoms with Crippen molar-refractivity contribution in [3.05, 3.63) is 53.9 Å². The predicted molar refractivity (Wildman–Crippen MR) is 149 cm³/mol. The fourth-order valence-electron chi connectivity index (χ4n) is 5.34. The molecule has 2 saturated carbocycles. The van der Waals surface area contributed by atoms with Gasteiger partial charge in [-0.1, -0.05) is 12.1 Å². The van der Waals surface area contributed by atoms with Crippen LogP contribution in [0.5, 0.6) is 5.75 Å². The number of carbonyl (C=O) groups excluding carboxylic acids is 1. The number of aryl methyl sites for hydroxylation is 2. The summed E-state index contributed by atoms with van der Waals surface area (Å²) in [6.07, 6.45) is 5.28. The third kappa shape index (κ3) is 4.55. The monoisotopic (exact) mass is 513 g/mol. The Morgan fingerprint density at radius 1 is 1.13 bits per heavy atom. The highest BCUT2D eigenvalue weighted by molar-refractivity contribution is 6.03. The first-order valence-electron chi connectivity index (χ1n) is 13.8. The summed E-state index contributed by atoms with van der Waals surface area (Å²) in [5.41, 5.74) is 5.83. The quantitative estimate of drug-likeness (QED) is 0.258. The molecule has 0 radical (unpaired) electrons. The lowest BCUT2D eigenvalue weighted by atomic mass is 9.92. The first-order chi connectivity index (χ1) is 18.4. The summed E-state index contributed by atoms with van der Waals surface area (Å²) >= 11 is 0. The molecule has 2 aromatic carbocycles. The van der Waals surface area contributed by atoms with Crippen LogP contribution in [-0.4, -0.2) is 28.4 Å². The maximum Gasteiger partial charge on any atom is 0.411 e. The maximum atomic E-state index is 12.4. The highest BCUT2D eigenvalue weighted by Gasteiger charge is 2.32. The number of aromatic nitrogens is 2. The van der Waals surface area contributed by atoms with Crippen molar-refractivity contribution in [3.63, 3.8) is 0 Å². The Bertz CT molecular complexity index is 1460. The van der Waals surface area contributed by atoms with Gasteiger partial charge in [0.1, 0.15) is 17.6 Å². The van der Waals surface area contributed by atoms with E-state index in [1.807, 2.05) is 45.9 Å². The van der Waals surface area contributed by atoms with Gasteiger partial charge in [0, 0.05) is 23.2 Å². The van der Waals surface area contributed by atoms with Crippen molar-refractivity contribution in [1.29, 1.82) is 0 Å². The Morgan fingerprint density at radius 2 is 1.89 bits per heavy atom. The lowest BCUT2D eigenvalue weighted by Gasteiger charge is -2.30. The molecule has 2 fully saturated rings. The summed E-state index contributed by atoms with van der Waals surface area (Å²) in [7, 11) is 0. The number of rotatable bonds is 8. The fourth-order valence-corrected chi connectivity index (χ4v) is 5.34. The van der Waals surface area contributed by atoms with Crippen molar-refractivity contribution < 1.29 is 18.7 Å². The Kier molecular flexibility index (Phi) is 6.38. The zero-order valence-electron chi connectivity index (χ0n) is 22.5. The summed E-state index contributed by atoms with van der Waals surface area (Å²) in [5.74, 6) is 2.80. The van der Waals surface area contributed by atoms with Gasteiger partial charge in [-0.2, -0.15) is 0 Å². The second-order valence-corrected chi connectivity index (χ2v) is 10.6. The summed E-state index contributed by atoms with van der Waals surface area (Å²) in [6, 6.07) is 14.7. The van der Waals surface area contributed by atoms with Crippen LogP contribution in [-0.2, 0) is 4.74 Å². The molecule has 198 valence electrons. The van der Waals surface area contributed by atoms with E-state index in [0.717, 1.165) is 70.6 Å². The van der Waals surface area contributed by atoms with E-state index in [1.54, 1.807) is 0 Å². The summed E-state index contributed by atoms with van der Waals surface area (Å²) in [4.78, 5) is 17.2. The van der Waals surface area contributed by atoms with Gasteiger partial charge in [0.25, 0.3) is 0 Å². The van der Waals surface area contributed by atoms with Crippen molar-refractivity contribution in [1.82, 2.24) is 9.55 Å². The topological polar surface area (TPSA) is 78.5 Å². The Hall–Kier alpha value is -3.74. The van der Waals surface area contributed by atoms with Gasteiger partial charge in [-0.3, -0.25) is 5.32 Å². The van der Waals surface area contributed by atoms with E-state index in [-0.39, 0.29) is 6.10 Å². The van der Waals surface area contributed by atoms with Crippen LogP contribution in [0, 0.1) is 19.8 Å². The molecule has 38 heavy (non-hydrogen) atoms. The van der Waals surface area contributed by atoms with E-state index in [9.17, 15) is 4.79 Å². The van der Waals surface area contributed by atoms with Crippen LogP contribution in [0.3, 0.4) is 0 Å². The third-order valence-corrected chi connectivity index (χ3v) is 7.95. The molecular formula is C31H35N3O4. The van der Waals surface area contributed by atoms with Gasteiger partial charge in [-0.25, -0.2) is 9.78 Å². The average molecular weight is 514 g/mol. The second kappa shape index (κ2) is 9.86. The van der Waals surface area contributed by atoms with E-state index in [4.69, 9.17) is 18.9 Å². The van der Waals surface area contributed by atoms with Crippen LogP contribution >= 0.6 is 0 Å².